The van der Waals surface area contributed by atoms with Crippen molar-refractivity contribution in [3.05, 3.63) is 50.7 Å². The van der Waals surface area contributed by atoms with Crippen LogP contribution in [-0.2, 0) is 19.4 Å². The molecule has 2 aromatic rings. The fourth-order valence-electron chi connectivity index (χ4n) is 2.49. The van der Waals surface area contributed by atoms with E-state index in [1.54, 1.807) is 0 Å². The number of nitrogens with one attached hydrogen (secondary N) is 1. The molecule has 0 saturated heterocycles. The van der Waals surface area contributed by atoms with Crippen molar-refractivity contribution in [3.8, 4) is 0 Å². The van der Waals surface area contributed by atoms with Crippen LogP contribution in [0.3, 0.4) is 0 Å². The Bertz CT molecular complexity index is 592. The highest BCUT2D eigenvalue weighted by molar-refractivity contribution is 9.10. The predicted octanol–water partition coefficient (Wildman–Crippen LogP) is 4.38. The van der Waals surface area contributed by atoms with Gasteiger partial charge in [-0.05, 0) is 54.0 Å². The Balaban J connectivity index is 2.30. The first kappa shape index (κ1) is 16.5. The van der Waals surface area contributed by atoms with Gasteiger partial charge in [-0.1, -0.05) is 30.7 Å². The molecular formula is C16H21BrClN3. The van der Waals surface area contributed by atoms with Crippen LogP contribution in [-0.4, -0.2) is 16.8 Å². The summed E-state index contributed by atoms with van der Waals surface area (Å²) in [5.74, 6) is 0. The van der Waals surface area contributed by atoms with Gasteiger partial charge in [0.15, 0.2) is 0 Å². The molecule has 0 saturated carbocycles. The van der Waals surface area contributed by atoms with Crippen LogP contribution in [0.2, 0.25) is 5.02 Å². The van der Waals surface area contributed by atoms with E-state index in [0.717, 1.165) is 34.6 Å². The second kappa shape index (κ2) is 7.43. The van der Waals surface area contributed by atoms with Crippen LogP contribution < -0.4 is 5.32 Å². The first-order valence-electron chi connectivity index (χ1n) is 7.27. The molecule has 1 heterocycles. The molecule has 2 rings (SSSR count). The van der Waals surface area contributed by atoms with Gasteiger partial charge in [-0.25, -0.2) is 0 Å². The van der Waals surface area contributed by atoms with Gasteiger partial charge < -0.3 is 5.32 Å². The summed E-state index contributed by atoms with van der Waals surface area (Å²) >= 11 is 9.69. The molecule has 5 heteroatoms. The molecule has 0 aliphatic rings. The summed E-state index contributed by atoms with van der Waals surface area (Å²) in [5, 5.41) is 8.82. The molecular weight excluding hydrogens is 350 g/mol. The number of nitrogens with zero attached hydrogens (tertiary/aromatic N) is 2. The number of aromatic nitrogens is 2. The van der Waals surface area contributed by atoms with Gasteiger partial charge >= 0.3 is 0 Å². The van der Waals surface area contributed by atoms with Crippen molar-refractivity contribution in [3.63, 3.8) is 0 Å². The number of hydrogen-bond acceptors (Lipinski definition) is 2. The minimum Gasteiger partial charge on any atom is -0.313 e. The van der Waals surface area contributed by atoms with Gasteiger partial charge in [0.1, 0.15) is 0 Å². The monoisotopic (exact) mass is 369 g/mol. The molecule has 114 valence electrons. The fraction of sp³-hybridized carbons (Fsp3) is 0.438. The van der Waals surface area contributed by atoms with Crippen LogP contribution >= 0.6 is 27.5 Å². The third kappa shape index (κ3) is 3.68. The van der Waals surface area contributed by atoms with E-state index in [1.807, 2.05) is 19.2 Å². The molecule has 0 fully saturated rings. The molecule has 0 radical (unpaired) electrons. The van der Waals surface area contributed by atoms with Crippen LogP contribution in [0.25, 0.3) is 0 Å². The average Bonchev–Trinajstić information content (AvgIpc) is 2.81. The lowest BCUT2D eigenvalue weighted by Gasteiger charge is -2.18. The first-order chi connectivity index (χ1) is 10.1. The van der Waals surface area contributed by atoms with Crippen molar-refractivity contribution in [2.75, 3.05) is 7.05 Å². The third-order valence-electron chi connectivity index (χ3n) is 3.71. The molecule has 21 heavy (non-hydrogen) atoms. The quantitative estimate of drug-likeness (QED) is 0.817. The molecule has 1 aromatic heterocycles. The molecule has 1 atom stereocenters. The van der Waals surface area contributed by atoms with E-state index >= 15 is 0 Å². The van der Waals surface area contributed by atoms with E-state index in [9.17, 15) is 0 Å². The van der Waals surface area contributed by atoms with E-state index < -0.39 is 0 Å². The summed E-state index contributed by atoms with van der Waals surface area (Å²) in [7, 11) is 1.99. The minimum absolute atomic E-state index is 0.241. The highest BCUT2D eigenvalue weighted by Gasteiger charge is 2.18. The second-order valence-electron chi connectivity index (χ2n) is 4.97. The molecule has 1 N–H and O–H groups in total. The van der Waals surface area contributed by atoms with E-state index in [2.05, 4.69) is 57.0 Å². The SMILES string of the molecule is CCc1nn(CC)c(CC(NC)c2ccc(Cl)cc2)c1Br. The number of likely N-dealkylation sites (N-methyl/N-ethyl adjacent to an activating group) is 1. The summed E-state index contributed by atoms with van der Waals surface area (Å²) in [4.78, 5) is 0. The smallest absolute Gasteiger partial charge is 0.0766 e. The van der Waals surface area contributed by atoms with E-state index in [0.29, 0.717) is 0 Å². The topological polar surface area (TPSA) is 29.9 Å². The summed E-state index contributed by atoms with van der Waals surface area (Å²) in [5.41, 5.74) is 3.59. The maximum atomic E-state index is 5.97. The highest BCUT2D eigenvalue weighted by Crippen LogP contribution is 2.27. The molecule has 3 nitrogen and oxygen atoms in total. The zero-order valence-electron chi connectivity index (χ0n) is 12.7. The Kier molecular flexibility index (Phi) is 5.85. The number of halogens is 2. The van der Waals surface area contributed by atoms with Crippen molar-refractivity contribution in [2.24, 2.45) is 0 Å². The van der Waals surface area contributed by atoms with Crippen molar-refractivity contribution >= 4 is 27.5 Å². The zero-order chi connectivity index (χ0) is 15.4. The Hall–Kier alpha value is -0.840. The van der Waals surface area contributed by atoms with E-state index in [1.165, 1.54) is 11.3 Å². The molecule has 0 amide bonds. The predicted molar refractivity (Wildman–Crippen MR) is 91.9 cm³/mol. The van der Waals surface area contributed by atoms with Gasteiger partial charge in [0.05, 0.1) is 15.9 Å². The Morgan fingerprint density at radius 3 is 2.48 bits per heavy atom. The van der Waals surface area contributed by atoms with E-state index in [4.69, 9.17) is 11.6 Å². The Labute approximate surface area is 139 Å². The normalized spacial score (nSPS) is 12.6. The molecule has 0 bridgehead atoms. The van der Waals surface area contributed by atoms with Crippen molar-refractivity contribution in [1.29, 1.82) is 0 Å². The van der Waals surface area contributed by atoms with Crippen LogP contribution in [0, 0.1) is 0 Å². The number of hydrogen-bond donors (Lipinski definition) is 1. The first-order valence-corrected chi connectivity index (χ1v) is 8.44. The fourth-order valence-corrected chi connectivity index (χ4v) is 3.34. The van der Waals surface area contributed by atoms with E-state index in [-0.39, 0.29) is 6.04 Å². The van der Waals surface area contributed by atoms with Crippen LogP contribution in [0.4, 0.5) is 0 Å². The molecule has 1 unspecified atom stereocenters. The number of aryl methyl sites for hydroxylation is 2. The summed E-state index contributed by atoms with van der Waals surface area (Å²) in [6.45, 7) is 5.13. The third-order valence-corrected chi connectivity index (χ3v) is 4.88. The summed E-state index contributed by atoms with van der Waals surface area (Å²) in [6.07, 6.45) is 1.82. The average molecular weight is 371 g/mol. The maximum absolute atomic E-state index is 5.97. The molecule has 1 aromatic carbocycles. The molecule has 0 spiro atoms. The summed E-state index contributed by atoms with van der Waals surface area (Å²) < 4.78 is 3.23. The maximum Gasteiger partial charge on any atom is 0.0766 e. The number of rotatable bonds is 6. The largest absolute Gasteiger partial charge is 0.313 e. The lowest BCUT2D eigenvalue weighted by molar-refractivity contribution is 0.539. The standard InChI is InChI=1S/C16H21BrClN3/c1-4-13-16(17)15(21(5-2)20-13)10-14(19-3)11-6-8-12(18)9-7-11/h6-9,14,19H,4-5,10H2,1-3H3. The van der Waals surface area contributed by atoms with Gasteiger partial charge in [0.2, 0.25) is 0 Å². The Morgan fingerprint density at radius 2 is 1.95 bits per heavy atom. The minimum atomic E-state index is 0.241. The zero-order valence-corrected chi connectivity index (χ0v) is 15.0. The van der Waals surface area contributed by atoms with Gasteiger partial charge in [-0.2, -0.15) is 5.10 Å². The van der Waals surface area contributed by atoms with Crippen LogP contribution in [0.5, 0.6) is 0 Å². The van der Waals surface area contributed by atoms with Gasteiger partial charge in [0, 0.05) is 24.0 Å². The van der Waals surface area contributed by atoms with Gasteiger partial charge in [0.25, 0.3) is 0 Å². The van der Waals surface area contributed by atoms with Crippen molar-refractivity contribution < 1.29 is 0 Å². The highest BCUT2D eigenvalue weighted by atomic mass is 79.9. The summed E-state index contributed by atoms with van der Waals surface area (Å²) in [6, 6.07) is 8.26. The van der Waals surface area contributed by atoms with Crippen LogP contribution in [0.1, 0.15) is 36.8 Å². The van der Waals surface area contributed by atoms with Gasteiger partial charge in [-0.3, -0.25) is 4.68 Å². The lowest BCUT2D eigenvalue weighted by atomic mass is 10.0. The van der Waals surface area contributed by atoms with Crippen molar-refractivity contribution in [1.82, 2.24) is 15.1 Å². The van der Waals surface area contributed by atoms with Crippen LogP contribution in [0.15, 0.2) is 28.7 Å². The van der Waals surface area contributed by atoms with Gasteiger partial charge in [-0.15, -0.1) is 0 Å². The molecule has 0 aliphatic heterocycles. The molecule has 0 aliphatic carbocycles. The Morgan fingerprint density at radius 1 is 1.29 bits per heavy atom. The lowest BCUT2D eigenvalue weighted by Crippen LogP contribution is -2.20. The second-order valence-corrected chi connectivity index (χ2v) is 6.20. The number of benzene rings is 1. The van der Waals surface area contributed by atoms with Crippen molar-refractivity contribution in [2.45, 2.75) is 39.3 Å².